The Kier molecular flexibility index (Phi) is 1.81. The van der Waals surface area contributed by atoms with Gasteiger partial charge >= 0.3 is 0 Å². The molecular weight excluding hydrogens is 190 g/mol. The third-order valence-corrected chi connectivity index (χ3v) is 2.26. The van der Waals surface area contributed by atoms with Gasteiger partial charge < -0.3 is 0 Å². The van der Waals surface area contributed by atoms with Crippen molar-refractivity contribution >= 4 is 23.4 Å². The van der Waals surface area contributed by atoms with Gasteiger partial charge in [0.25, 0.3) is 11.8 Å². The first-order valence-corrected chi connectivity index (χ1v) is 4.30. The molecule has 2 amide bonds. The van der Waals surface area contributed by atoms with Crippen LogP contribution < -0.4 is 5.32 Å². The zero-order valence-electron chi connectivity index (χ0n) is 6.63. The lowest BCUT2D eigenvalue weighted by molar-refractivity contribution is 0.0879. The number of hydrogen-bond acceptors (Lipinski definition) is 2. The second kappa shape index (κ2) is 2.85. The molecule has 1 heterocycles. The molecule has 0 saturated heterocycles. The monoisotopic (exact) mass is 195 g/mol. The van der Waals surface area contributed by atoms with Gasteiger partial charge in [0.1, 0.15) is 0 Å². The summed E-state index contributed by atoms with van der Waals surface area (Å²) in [4.78, 5) is 22.3. The molecule has 0 unspecified atom stereocenters. The topological polar surface area (TPSA) is 46.2 Å². The van der Waals surface area contributed by atoms with Crippen LogP contribution in [0.25, 0.3) is 0 Å². The first-order chi connectivity index (χ1) is 6.22. The number of rotatable bonds is 1. The summed E-state index contributed by atoms with van der Waals surface area (Å²) in [5.41, 5.74) is 1.69. The lowest BCUT2D eigenvalue weighted by atomic mass is 10.1. The van der Waals surface area contributed by atoms with Gasteiger partial charge in [-0.2, -0.15) is 0 Å². The molecule has 0 spiro atoms. The third-order valence-electron chi connectivity index (χ3n) is 1.95. The number of nitrogens with one attached hydrogen (secondary N) is 1. The zero-order valence-corrected chi connectivity index (χ0v) is 7.39. The Balaban J connectivity index is 2.58. The largest absolute Gasteiger partial charge is 0.288 e. The fourth-order valence-corrected chi connectivity index (χ4v) is 1.46. The minimum atomic E-state index is -0.341. The molecule has 1 aromatic carbocycles. The van der Waals surface area contributed by atoms with Crippen molar-refractivity contribution in [3.8, 4) is 0 Å². The van der Waals surface area contributed by atoms with E-state index in [1.54, 1.807) is 18.2 Å². The Bertz CT molecular complexity index is 401. The lowest BCUT2D eigenvalue weighted by Gasteiger charge is -1.96. The van der Waals surface area contributed by atoms with Crippen LogP contribution in [-0.4, -0.2) is 11.8 Å². The average molecular weight is 196 g/mol. The number of halogens is 1. The van der Waals surface area contributed by atoms with Gasteiger partial charge in [-0.3, -0.25) is 14.9 Å². The predicted molar refractivity (Wildman–Crippen MR) is 47.8 cm³/mol. The van der Waals surface area contributed by atoms with E-state index in [9.17, 15) is 9.59 Å². The van der Waals surface area contributed by atoms with Crippen LogP contribution in [0.15, 0.2) is 18.2 Å². The number of carbonyl (C=O) groups excluding carboxylic acids is 2. The zero-order chi connectivity index (χ0) is 9.42. The smallest absolute Gasteiger partial charge is 0.258 e. The Morgan fingerprint density at radius 1 is 1.15 bits per heavy atom. The molecule has 1 aliphatic heterocycles. The molecule has 0 bridgehead atoms. The highest BCUT2D eigenvalue weighted by Gasteiger charge is 2.26. The molecule has 13 heavy (non-hydrogen) atoms. The SMILES string of the molecule is O=C1NC(=O)c2cc(CCl)ccc21. The summed E-state index contributed by atoms with van der Waals surface area (Å²) in [5.74, 6) is -0.331. The van der Waals surface area contributed by atoms with E-state index in [0.29, 0.717) is 17.0 Å². The van der Waals surface area contributed by atoms with Crippen LogP contribution in [0.4, 0.5) is 0 Å². The molecule has 0 fully saturated rings. The van der Waals surface area contributed by atoms with Gasteiger partial charge in [-0.05, 0) is 17.7 Å². The molecule has 0 atom stereocenters. The fraction of sp³-hybridized carbons (Fsp3) is 0.111. The quantitative estimate of drug-likeness (QED) is 0.543. The van der Waals surface area contributed by atoms with Gasteiger partial charge in [0, 0.05) is 5.88 Å². The van der Waals surface area contributed by atoms with Crippen molar-refractivity contribution in [1.29, 1.82) is 0 Å². The van der Waals surface area contributed by atoms with E-state index >= 15 is 0 Å². The summed E-state index contributed by atoms with van der Waals surface area (Å²) in [6, 6.07) is 5.00. The predicted octanol–water partition coefficient (Wildman–Crippen LogP) is 1.31. The highest BCUT2D eigenvalue weighted by atomic mass is 35.5. The standard InChI is InChI=1S/C9H6ClNO2/c10-4-5-1-2-6-7(3-5)9(13)11-8(6)12/h1-3H,4H2,(H,11,12,13). The first-order valence-electron chi connectivity index (χ1n) is 3.77. The molecule has 1 aromatic rings. The molecule has 4 heteroatoms. The van der Waals surface area contributed by atoms with Crippen molar-refractivity contribution in [3.63, 3.8) is 0 Å². The number of imide groups is 1. The van der Waals surface area contributed by atoms with E-state index in [1.165, 1.54) is 0 Å². The molecule has 3 nitrogen and oxygen atoms in total. The van der Waals surface area contributed by atoms with Gasteiger partial charge in [-0.15, -0.1) is 11.6 Å². The Morgan fingerprint density at radius 2 is 1.85 bits per heavy atom. The van der Waals surface area contributed by atoms with Crippen molar-refractivity contribution in [1.82, 2.24) is 5.32 Å². The Labute approximate surface area is 79.7 Å². The lowest BCUT2D eigenvalue weighted by Crippen LogP contribution is -2.19. The van der Waals surface area contributed by atoms with Crippen molar-refractivity contribution in [2.24, 2.45) is 0 Å². The molecule has 1 aliphatic rings. The molecular formula is C9H6ClNO2. The van der Waals surface area contributed by atoms with Crippen molar-refractivity contribution in [3.05, 3.63) is 34.9 Å². The number of benzene rings is 1. The summed E-state index contributed by atoms with van der Waals surface area (Å²) in [7, 11) is 0. The van der Waals surface area contributed by atoms with E-state index in [2.05, 4.69) is 5.32 Å². The van der Waals surface area contributed by atoms with Gasteiger partial charge in [0.15, 0.2) is 0 Å². The van der Waals surface area contributed by atoms with E-state index in [-0.39, 0.29) is 11.8 Å². The van der Waals surface area contributed by atoms with Crippen LogP contribution in [-0.2, 0) is 5.88 Å². The van der Waals surface area contributed by atoms with Gasteiger partial charge in [0.05, 0.1) is 11.1 Å². The maximum absolute atomic E-state index is 11.2. The van der Waals surface area contributed by atoms with Crippen LogP contribution in [0.5, 0.6) is 0 Å². The maximum Gasteiger partial charge on any atom is 0.258 e. The van der Waals surface area contributed by atoms with Crippen molar-refractivity contribution in [2.45, 2.75) is 5.88 Å². The molecule has 0 aromatic heterocycles. The number of hydrogen-bond donors (Lipinski definition) is 1. The number of carbonyl (C=O) groups is 2. The van der Waals surface area contributed by atoms with Crippen molar-refractivity contribution in [2.75, 3.05) is 0 Å². The Hall–Kier alpha value is -1.35. The summed E-state index contributed by atoms with van der Waals surface area (Å²) in [5, 5.41) is 2.21. The number of fused-ring (bicyclic) bond motifs is 1. The third kappa shape index (κ3) is 1.21. The van der Waals surface area contributed by atoms with Gasteiger partial charge in [-0.25, -0.2) is 0 Å². The summed E-state index contributed by atoms with van der Waals surface area (Å²) in [6.45, 7) is 0. The van der Waals surface area contributed by atoms with E-state index < -0.39 is 0 Å². The summed E-state index contributed by atoms with van der Waals surface area (Å²) < 4.78 is 0. The second-order valence-corrected chi connectivity index (χ2v) is 3.06. The fourth-order valence-electron chi connectivity index (χ4n) is 1.30. The molecule has 66 valence electrons. The van der Waals surface area contributed by atoms with Crippen LogP contribution in [0, 0.1) is 0 Å². The first kappa shape index (κ1) is 8.26. The molecule has 0 radical (unpaired) electrons. The molecule has 2 rings (SSSR count). The van der Waals surface area contributed by atoms with Crippen LogP contribution in [0.2, 0.25) is 0 Å². The van der Waals surface area contributed by atoms with Crippen LogP contribution in [0.3, 0.4) is 0 Å². The normalized spacial score (nSPS) is 14.2. The van der Waals surface area contributed by atoms with E-state index in [4.69, 9.17) is 11.6 Å². The molecule has 0 saturated carbocycles. The Morgan fingerprint density at radius 3 is 2.54 bits per heavy atom. The van der Waals surface area contributed by atoms with Crippen LogP contribution >= 0.6 is 11.6 Å². The molecule has 0 aliphatic carbocycles. The number of amides is 2. The minimum absolute atomic E-state index is 0.332. The van der Waals surface area contributed by atoms with Gasteiger partial charge in [0.2, 0.25) is 0 Å². The van der Waals surface area contributed by atoms with E-state index in [0.717, 1.165) is 5.56 Å². The highest BCUT2D eigenvalue weighted by Crippen LogP contribution is 2.18. The van der Waals surface area contributed by atoms with Gasteiger partial charge in [-0.1, -0.05) is 6.07 Å². The minimum Gasteiger partial charge on any atom is -0.288 e. The maximum atomic E-state index is 11.2. The van der Waals surface area contributed by atoms with Crippen molar-refractivity contribution < 1.29 is 9.59 Å². The van der Waals surface area contributed by atoms with E-state index in [1.807, 2.05) is 0 Å². The second-order valence-electron chi connectivity index (χ2n) is 2.80. The number of alkyl halides is 1. The summed E-state index contributed by atoms with van der Waals surface area (Å²) in [6.07, 6.45) is 0. The average Bonchev–Trinajstić information content (AvgIpc) is 2.42. The van der Waals surface area contributed by atoms with Crippen LogP contribution in [0.1, 0.15) is 26.3 Å². The molecule has 1 N–H and O–H groups in total. The highest BCUT2D eigenvalue weighted by molar-refractivity contribution is 6.22. The summed E-state index contributed by atoms with van der Waals surface area (Å²) >= 11 is 5.60.